The molecule has 0 aliphatic carbocycles. The summed E-state index contributed by atoms with van der Waals surface area (Å²) in [5, 5.41) is 11.8. The van der Waals surface area contributed by atoms with Crippen LogP contribution in [-0.4, -0.2) is 25.5 Å². The predicted octanol–water partition coefficient (Wildman–Crippen LogP) is 4.50. The van der Waals surface area contributed by atoms with E-state index in [2.05, 4.69) is 31.4 Å². The third kappa shape index (κ3) is 4.22. The Morgan fingerprint density at radius 1 is 1.33 bits per heavy atom. The Labute approximate surface area is 169 Å². The number of hydrogen-bond acceptors (Lipinski definition) is 3. The van der Waals surface area contributed by atoms with Crippen LogP contribution in [0.3, 0.4) is 0 Å². The van der Waals surface area contributed by atoms with E-state index in [0.717, 1.165) is 21.4 Å². The van der Waals surface area contributed by atoms with Crippen LogP contribution in [0.2, 0.25) is 5.02 Å². The number of halogens is 3. The number of hydrogen-bond donors (Lipinski definition) is 1. The summed E-state index contributed by atoms with van der Waals surface area (Å²) in [6.45, 7) is 5.92. The smallest absolute Gasteiger partial charge is 0.250 e. The Balaban J connectivity index is 1.69. The Morgan fingerprint density at radius 2 is 2.07 bits per heavy atom. The molecule has 1 N–H and O–H groups in total. The van der Waals surface area contributed by atoms with E-state index >= 15 is 0 Å². The minimum absolute atomic E-state index is 0.224. The number of carbonyl (C=O) groups is 1. The van der Waals surface area contributed by atoms with Crippen molar-refractivity contribution in [2.24, 2.45) is 0 Å². The maximum absolute atomic E-state index is 13.1. The van der Waals surface area contributed by atoms with Gasteiger partial charge in [-0.15, -0.1) is 0 Å². The summed E-state index contributed by atoms with van der Waals surface area (Å²) >= 11 is 9.51. The lowest BCUT2D eigenvalue weighted by molar-refractivity contribution is -0.119. The highest BCUT2D eigenvalue weighted by atomic mass is 79.9. The van der Waals surface area contributed by atoms with Crippen molar-refractivity contribution >= 4 is 39.3 Å². The molecule has 0 saturated carbocycles. The number of nitrogens with zero attached hydrogens (tertiary/aromatic N) is 4. The normalized spacial score (nSPS) is 12.2. The molecule has 1 unspecified atom stereocenters. The molecule has 6 nitrogen and oxygen atoms in total. The number of rotatable bonds is 5. The Kier molecular flexibility index (Phi) is 5.67. The van der Waals surface area contributed by atoms with Gasteiger partial charge in [0, 0.05) is 17.3 Å². The molecule has 0 bridgehead atoms. The molecular formula is C18H18BrClFN5O. The molecule has 2 aromatic heterocycles. The molecule has 3 rings (SSSR count). The van der Waals surface area contributed by atoms with Gasteiger partial charge in [-0.05, 0) is 54.4 Å². The molecule has 3 aromatic rings. The van der Waals surface area contributed by atoms with Crippen molar-refractivity contribution in [3.8, 4) is 0 Å². The first-order valence-electron chi connectivity index (χ1n) is 8.25. The second-order valence-corrected chi connectivity index (χ2v) is 7.43. The first kappa shape index (κ1) is 19.6. The van der Waals surface area contributed by atoms with Crippen molar-refractivity contribution in [2.45, 2.75) is 33.4 Å². The van der Waals surface area contributed by atoms with Crippen LogP contribution in [-0.2, 0) is 11.3 Å². The van der Waals surface area contributed by atoms with E-state index in [9.17, 15) is 9.18 Å². The number of anilines is 1. The van der Waals surface area contributed by atoms with Crippen LogP contribution in [0.4, 0.5) is 10.2 Å². The Bertz CT molecular complexity index is 1000. The van der Waals surface area contributed by atoms with Crippen molar-refractivity contribution in [1.82, 2.24) is 19.6 Å². The van der Waals surface area contributed by atoms with Gasteiger partial charge >= 0.3 is 0 Å². The molecule has 1 amide bonds. The van der Waals surface area contributed by atoms with Crippen molar-refractivity contribution in [3.63, 3.8) is 0 Å². The monoisotopic (exact) mass is 453 g/mol. The molecule has 1 aromatic carbocycles. The standard InChI is InChI=1S/C18H18BrClFN5O/c1-10-17(19)11(2)26(23-10)12(3)18(27)22-16-6-7-25(24-16)9-13-4-5-14(21)8-15(13)20/h4-8,12H,9H2,1-3H3,(H,22,24,27). The average Bonchev–Trinajstić information content (AvgIpc) is 3.16. The maximum atomic E-state index is 13.1. The first-order chi connectivity index (χ1) is 12.8. The topological polar surface area (TPSA) is 64.7 Å². The largest absolute Gasteiger partial charge is 0.307 e. The minimum Gasteiger partial charge on any atom is -0.307 e. The zero-order valence-corrected chi connectivity index (χ0v) is 17.3. The number of benzene rings is 1. The highest BCUT2D eigenvalue weighted by molar-refractivity contribution is 9.10. The number of amides is 1. The SMILES string of the molecule is Cc1nn(C(C)C(=O)Nc2ccn(Cc3ccc(F)cc3Cl)n2)c(C)c1Br. The van der Waals surface area contributed by atoms with E-state index in [1.807, 2.05) is 13.8 Å². The Hall–Kier alpha value is -2.19. The molecule has 27 heavy (non-hydrogen) atoms. The van der Waals surface area contributed by atoms with Crippen LogP contribution in [0, 0.1) is 19.7 Å². The van der Waals surface area contributed by atoms with E-state index in [-0.39, 0.29) is 11.7 Å². The molecule has 0 spiro atoms. The number of nitrogens with one attached hydrogen (secondary N) is 1. The van der Waals surface area contributed by atoms with E-state index in [1.54, 1.807) is 34.6 Å². The summed E-state index contributed by atoms with van der Waals surface area (Å²) in [6.07, 6.45) is 1.72. The van der Waals surface area contributed by atoms with Gasteiger partial charge in [0.25, 0.3) is 0 Å². The number of aromatic nitrogens is 4. The predicted molar refractivity (Wildman–Crippen MR) is 105 cm³/mol. The van der Waals surface area contributed by atoms with Crippen molar-refractivity contribution in [1.29, 1.82) is 0 Å². The second-order valence-electron chi connectivity index (χ2n) is 6.23. The van der Waals surface area contributed by atoms with Gasteiger partial charge in [0.15, 0.2) is 5.82 Å². The number of aryl methyl sites for hydroxylation is 1. The van der Waals surface area contributed by atoms with E-state index in [0.29, 0.717) is 17.4 Å². The summed E-state index contributed by atoms with van der Waals surface area (Å²) in [5.74, 6) is -0.189. The molecule has 142 valence electrons. The average molecular weight is 455 g/mol. The zero-order valence-electron chi connectivity index (χ0n) is 15.0. The van der Waals surface area contributed by atoms with Crippen molar-refractivity contribution < 1.29 is 9.18 Å². The lowest BCUT2D eigenvalue weighted by atomic mass is 10.2. The fourth-order valence-corrected chi connectivity index (χ4v) is 3.19. The molecule has 1 atom stereocenters. The summed E-state index contributed by atoms with van der Waals surface area (Å²) < 4.78 is 17.3. The van der Waals surface area contributed by atoms with Gasteiger partial charge in [0.1, 0.15) is 11.9 Å². The lowest BCUT2D eigenvalue weighted by Crippen LogP contribution is -2.25. The molecule has 0 radical (unpaired) electrons. The van der Waals surface area contributed by atoms with Gasteiger partial charge in [-0.2, -0.15) is 10.2 Å². The molecule has 2 heterocycles. The van der Waals surface area contributed by atoms with Crippen LogP contribution in [0.5, 0.6) is 0 Å². The van der Waals surface area contributed by atoms with Crippen molar-refractivity contribution in [3.05, 3.63) is 62.7 Å². The van der Waals surface area contributed by atoms with Crippen LogP contribution in [0.15, 0.2) is 34.9 Å². The van der Waals surface area contributed by atoms with Crippen molar-refractivity contribution in [2.75, 3.05) is 5.32 Å². The zero-order chi connectivity index (χ0) is 19.7. The molecule has 9 heteroatoms. The van der Waals surface area contributed by atoms with E-state index < -0.39 is 6.04 Å². The van der Waals surface area contributed by atoms with Crippen LogP contribution in [0.1, 0.15) is 29.9 Å². The minimum atomic E-state index is -0.494. The van der Waals surface area contributed by atoms with Crippen LogP contribution < -0.4 is 5.32 Å². The van der Waals surface area contributed by atoms with Crippen LogP contribution >= 0.6 is 27.5 Å². The third-order valence-electron chi connectivity index (χ3n) is 4.22. The quantitative estimate of drug-likeness (QED) is 0.617. The van der Waals surface area contributed by atoms with E-state index in [1.165, 1.54) is 12.1 Å². The molecule has 0 aliphatic heterocycles. The maximum Gasteiger partial charge on any atom is 0.250 e. The van der Waals surface area contributed by atoms with Gasteiger partial charge in [-0.3, -0.25) is 14.2 Å². The second kappa shape index (κ2) is 7.82. The summed E-state index contributed by atoms with van der Waals surface area (Å²) in [6, 6.07) is 5.42. The third-order valence-corrected chi connectivity index (χ3v) is 5.72. The van der Waals surface area contributed by atoms with E-state index in [4.69, 9.17) is 11.6 Å². The van der Waals surface area contributed by atoms with Crippen LogP contribution in [0.25, 0.3) is 0 Å². The van der Waals surface area contributed by atoms with Gasteiger partial charge in [0.05, 0.1) is 22.4 Å². The highest BCUT2D eigenvalue weighted by Crippen LogP contribution is 2.23. The van der Waals surface area contributed by atoms with Gasteiger partial charge in [0.2, 0.25) is 5.91 Å². The molecular weight excluding hydrogens is 437 g/mol. The highest BCUT2D eigenvalue weighted by Gasteiger charge is 2.21. The summed E-state index contributed by atoms with van der Waals surface area (Å²) in [5.41, 5.74) is 2.44. The molecule has 0 saturated heterocycles. The first-order valence-corrected chi connectivity index (χ1v) is 9.43. The van der Waals surface area contributed by atoms with Gasteiger partial charge in [-0.1, -0.05) is 17.7 Å². The van der Waals surface area contributed by atoms with Gasteiger partial charge in [-0.25, -0.2) is 4.39 Å². The van der Waals surface area contributed by atoms with Gasteiger partial charge < -0.3 is 5.32 Å². The Morgan fingerprint density at radius 3 is 2.70 bits per heavy atom. The summed E-state index contributed by atoms with van der Waals surface area (Å²) in [4.78, 5) is 12.5. The molecule has 0 aliphatic rings. The fourth-order valence-electron chi connectivity index (χ4n) is 2.70. The fraction of sp³-hybridized carbons (Fsp3) is 0.278. The lowest BCUT2D eigenvalue weighted by Gasteiger charge is -2.13. The number of carbonyl (C=O) groups excluding carboxylic acids is 1. The summed E-state index contributed by atoms with van der Waals surface area (Å²) in [7, 11) is 0. The molecule has 0 fully saturated rings.